The van der Waals surface area contributed by atoms with Gasteiger partial charge in [0, 0.05) is 15.6 Å². The van der Waals surface area contributed by atoms with Crippen molar-refractivity contribution in [1.82, 2.24) is 5.43 Å². The number of nitrogens with one attached hydrogen (secondary N) is 1. The Morgan fingerprint density at radius 3 is 2.58 bits per heavy atom. The van der Waals surface area contributed by atoms with Gasteiger partial charge in [0.05, 0.1) is 6.04 Å². The molecule has 2 nitrogen and oxygen atoms in total. The molecule has 0 bridgehead atoms. The molecule has 0 fully saturated rings. The molecule has 0 spiro atoms. The van der Waals surface area contributed by atoms with E-state index in [0.29, 0.717) is 21.2 Å². The highest BCUT2D eigenvalue weighted by Crippen LogP contribution is 2.29. The Bertz CT molecular complexity index is 600. The van der Waals surface area contributed by atoms with Crippen LogP contribution in [0.15, 0.2) is 40.9 Å². The Labute approximate surface area is 118 Å². The molecule has 0 aliphatic carbocycles. The summed E-state index contributed by atoms with van der Waals surface area (Å²) in [7, 11) is 0. The number of nitrogens with two attached hydrogens (primary N) is 1. The third-order valence-corrected chi connectivity index (χ3v) is 3.46. The normalized spacial score (nSPS) is 12.5. The molecule has 1 atom stereocenters. The standard InChI is InChI=1S/C14H13BrF2N2/c1-8-3-2-4-10(13(8)17)14(19-18)11-7-9(15)5-6-12(11)16/h2-7,14,19H,18H2,1H3. The molecule has 0 aliphatic heterocycles. The van der Waals surface area contributed by atoms with Crippen molar-refractivity contribution in [2.24, 2.45) is 5.84 Å². The van der Waals surface area contributed by atoms with Crippen molar-refractivity contribution < 1.29 is 8.78 Å². The van der Waals surface area contributed by atoms with Crippen LogP contribution < -0.4 is 11.3 Å². The zero-order valence-corrected chi connectivity index (χ0v) is 11.8. The molecule has 0 heterocycles. The highest BCUT2D eigenvalue weighted by atomic mass is 79.9. The van der Waals surface area contributed by atoms with E-state index in [1.807, 2.05) is 0 Å². The van der Waals surface area contributed by atoms with Crippen molar-refractivity contribution in [3.05, 3.63) is 69.2 Å². The van der Waals surface area contributed by atoms with E-state index >= 15 is 0 Å². The van der Waals surface area contributed by atoms with Crippen LogP contribution in [0.1, 0.15) is 22.7 Å². The van der Waals surface area contributed by atoms with E-state index < -0.39 is 11.9 Å². The summed E-state index contributed by atoms with van der Waals surface area (Å²) in [5.74, 6) is 4.65. The van der Waals surface area contributed by atoms with Gasteiger partial charge in [-0.3, -0.25) is 5.84 Å². The van der Waals surface area contributed by atoms with Crippen molar-refractivity contribution >= 4 is 15.9 Å². The minimum Gasteiger partial charge on any atom is -0.271 e. The first-order valence-electron chi connectivity index (χ1n) is 5.70. The van der Waals surface area contributed by atoms with Crippen LogP contribution in [0.3, 0.4) is 0 Å². The molecule has 0 saturated carbocycles. The average Bonchev–Trinajstić information content (AvgIpc) is 2.39. The highest BCUT2D eigenvalue weighted by Gasteiger charge is 2.20. The van der Waals surface area contributed by atoms with Crippen molar-refractivity contribution in [1.29, 1.82) is 0 Å². The van der Waals surface area contributed by atoms with E-state index in [1.54, 1.807) is 37.3 Å². The molecule has 0 aliphatic rings. The lowest BCUT2D eigenvalue weighted by atomic mass is 9.97. The molecule has 0 amide bonds. The monoisotopic (exact) mass is 326 g/mol. The molecule has 100 valence electrons. The SMILES string of the molecule is Cc1cccc(C(NN)c2cc(Br)ccc2F)c1F. The van der Waals surface area contributed by atoms with Crippen LogP contribution in [-0.4, -0.2) is 0 Å². The van der Waals surface area contributed by atoms with E-state index in [4.69, 9.17) is 5.84 Å². The molecule has 0 radical (unpaired) electrons. The van der Waals surface area contributed by atoms with Gasteiger partial charge in [0.2, 0.25) is 0 Å². The van der Waals surface area contributed by atoms with Gasteiger partial charge in [-0.15, -0.1) is 0 Å². The van der Waals surface area contributed by atoms with E-state index in [-0.39, 0.29) is 5.82 Å². The molecule has 0 aromatic heterocycles. The van der Waals surface area contributed by atoms with Crippen molar-refractivity contribution in [2.75, 3.05) is 0 Å². The van der Waals surface area contributed by atoms with Crippen LogP contribution in [0.5, 0.6) is 0 Å². The number of aryl methyl sites for hydroxylation is 1. The summed E-state index contributed by atoms with van der Waals surface area (Å²) >= 11 is 3.27. The summed E-state index contributed by atoms with van der Waals surface area (Å²) in [5.41, 5.74) is 3.58. The molecule has 0 saturated heterocycles. The fraction of sp³-hybridized carbons (Fsp3) is 0.143. The first-order valence-corrected chi connectivity index (χ1v) is 6.50. The first-order chi connectivity index (χ1) is 9.04. The van der Waals surface area contributed by atoms with Crippen LogP contribution in [-0.2, 0) is 0 Å². The maximum Gasteiger partial charge on any atom is 0.131 e. The fourth-order valence-electron chi connectivity index (χ4n) is 1.98. The fourth-order valence-corrected chi connectivity index (χ4v) is 2.35. The lowest BCUT2D eigenvalue weighted by Gasteiger charge is -2.19. The molecule has 19 heavy (non-hydrogen) atoms. The first kappa shape index (κ1) is 14.1. The number of benzene rings is 2. The van der Waals surface area contributed by atoms with E-state index in [9.17, 15) is 8.78 Å². The molecule has 1 unspecified atom stereocenters. The Balaban J connectivity index is 2.56. The second kappa shape index (κ2) is 5.77. The predicted molar refractivity (Wildman–Crippen MR) is 74.4 cm³/mol. The van der Waals surface area contributed by atoms with Gasteiger partial charge >= 0.3 is 0 Å². The zero-order valence-electron chi connectivity index (χ0n) is 10.3. The molecule has 3 N–H and O–H groups in total. The second-order valence-corrected chi connectivity index (χ2v) is 5.16. The molecular formula is C14H13BrF2N2. The van der Waals surface area contributed by atoms with Gasteiger partial charge in [0.25, 0.3) is 0 Å². The third-order valence-electron chi connectivity index (χ3n) is 2.97. The zero-order chi connectivity index (χ0) is 14.0. The lowest BCUT2D eigenvalue weighted by molar-refractivity contribution is 0.528. The van der Waals surface area contributed by atoms with Crippen LogP contribution >= 0.6 is 15.9 Å². The Morgan fingerprint density at radius 1 is 1.16 bits per heavy atom. The van der Waals surface area contributed by atoms with E-state index in [1.165, 1.54) is 6.07 Å². The van der Waals surface area contributed by atoms with E-state index in [2.05, 4.69) is 21.4 Å². The number of hydrogen-bond donors (Lipinski definition) is 2. The molecule has 2 rings (SSSR count). The largest absolute Gasteiger partial charge is 0.271 e. The molecular weight excluding hydrogens is 314 g/mol. The topological polar surface area (TPSA) is 38.0 Å². The number of hydrogen-bond acceptors (Lipinski definition) is 2. The van der Waals surface area contributed by atoms with Crippen molar-refractivity contribution in [3.63, 3.8) is 0 Å². The quantitative estimate of drug-likeness (QED) is 0.668. The summed E-state index contributed by atoms with van der Waals surface area (Å²) < 4.78 is 28.7. The minimum absolute atomic E-state index is 0.293. The van der Waals surface area contributed by atoms with Crippen LogP contribution in [0.2, 0.25) is 0 Å². The summed E-state index contributed by atoms with van der Waals surface area (Å²) in [5, 5.41) is 0. The van der Waals surface area contributed by atoms with Gasteiger partial charge in [-0.05, 0) is 30.7 Å². The maximum atomic E-state index is 14.1. The predicted octanol–water partition coefficient (Wildman–Crippen LogP) is 3.59. The summed E-state index contributed by atoms with van der Waals surface area (Å²) in [4.78, 5) is 0. The average molecular weight is 327 g/mol. The van der Waals surface area contributed by atoms with Gasteiger partial charge in [-0.25, -0.2) is 14.2 Å². The third kappa shape index (κ3) is 2.83. The van der Waals surface area contributed by atoms with Gasteiger partial charge in [0.1, 0.15) is 11.6 Å². The lowest BCUT2D eigenvalue weighted by Crippen LogP contribution is -2.30. The summed E-state index contributed by atoms with van der Waals surface area (Å²) in [6.45, 7) is 1.66. The van der Waals surface area contributed by atoms with E-state index in [0.717, 1.165) is 0 Å². The van der Waals surface area contributed by atoms with Gasteiger partial charge in [-0.2, -0.15) is 0 Å². The van der Waals surface area contributed by atoms with Crippen LogP contribution in [0.25, 0.3) is 0 Å². The minimum atomic E-state index is -0.739. The number of hydrazine groups is 1. The second-order valence-electron chi connectivity index (χ2n) is 4.24. The number of halogens is 3. The molecule has 5 heteroatoms. The Hall–Kier alpha value is -1.30. The Morgan fingerprint density at radius 2 is 1.89 bits per heavy atom. The highest BCUT2D eigenvalue weighted by molar-refractivity contribution is 9.10. The van der Waals surface area contributed by atoms with Crippen LogP contribution in [0, 0.1) is 18.6 Å². The molecule has 2 aromatic carbocycles. The van der Waals surface area contributed by atoms with Crippen molar-refractivity contribution in [2.45, 2.75) is 13.0 Å². The number of rotatable bonds is 3. The Kier molecular flexibility index (Phi) is 4.29. The summed E-state index contributed by atoms with van der Waals surface area (Å²) in [6, 6.07) is 8.71. The van der Waals surface area contributed by atoms with Gasteiger partial charge in [0.15, 0.2) is 0 Å². The summed E-state index contributed by atoms with van der Waals surface area (Å²) in [6.07, 6.45) is 0. The smallest absolute Gasteiger partial charge is 0.131 e. The van der Waals surface area contributed by atoms with Crippen molar-refractivity contribution in [3.8, 4) is 0 Å². The van der Waals surface area contributed by atoms with Crippen LogP contribution in [0.4, 0.5) is 8.78 Å². The van der Waals surface area contributed by atoms with Gasteiger partial charge < -0.3 is 0 Å². The maximum absolute atomic E-state index is 14.1. The molecule has 2 aromatic rings. The van der Waals surface area contributed by atoms with Gasteiger partial charge in [-0.1, -0.05) is 34.1 Å².